The van der Waals surface area contributed by atoms with Crippen molar-refractivity contribution in [3.05, 3.63) is 98.5 Å². The highest BCUT2D eigenvalue weighted by atomic mass is 127. The van der Waals surface area contributed by atoms with Crippen LogP contribution in [0, 0.1) is 3.57 Å². The van der Waals surface area contributed by atoms with Gasteiger partial charge >= 0.3 is 0 Å². The van der Waals surface area contributed by atoms with Gasteiger partial charge in [0.2, 0.25) is 0 Å². The highest BCUT2D eigenvalue weighted by molar-refractivity contribution is 14.1. The first kappa shape index (κ1) is 28.0. The molecule has 0 unspecified atom stereocenters. The van der Waals surface area contributed by atoms with E-state index in [-0.39, 0.29) is 5.91 Å². The first-order chi connectivity index (χ1) is 19.5. The molecule has 8 heteroatoms. The van der Waals surface area contributed by atoms with Crippen LogP contribution in [0.5, 0.6) is 17.2 Å². The molecule has 0 saturated carbocycles. The molecule has 1 fully saturated rings. The van der Waals surface area contributed by atoms with Crippen LogP contribution in [0.15, 0.2) is 88.8 Å². The fourth-order valence-electron chi connectivity index (χ4n) is 4.43. The lowest BCUT2D eigenvalue weighted by Gasteiger charge is -2.16. The van der Waals surface area contributed by atoms with Crippen molar-refractivity contribution in [2.24, 2.45) is 4.99 Å². The minimum Gasteiger partial charge on any atom is -0.497 e. The number of rotatable bonds is 9. The van der Waals surface area contributed by atoms with Crippen LogP contribution in [0.4, 0.5) is 5.69 Å². The molecule has 1 aliphatic rings. The molecule has 6 nitrogen and oxygen atoms in total. The van der Waals surface area contributed by atoms with Gasteiger partial charge in [0.05, 0.1) is 27.9 Å². The van der Waals surface area contributed by atoms with E-state index in [0.717, 1.165) is 26.1 Å². The number of halogens is 1. The molecule has 4 aromatic rings. The third kappa shape index (κ3) is 6.13. The number of likely N-dealkylation sites (N-methyl/N-ethyl adjacent to an activating group) is 1. The molecule has 40 heavy (non-hydrogen) atoms. The fourth-order valence-corrected chi connectivity index (χ4v) is 6.27. The van der Waals surface area contributed by atoms with Crippen molar-refractivity contribution in [1.82, 2.24) is 4.90 Å². The number of methoxy groups -OCH3 is 1. The first-order valence-electron chi connectivity index (χ1n) is 13.0. The van der Waals surface area contributed by atoms with Gasteiger partial charge in [-0.1, -0.05) is 42.5 Å². The number of carbonyl (C=O) groups is 1. The van der Waals surface area contributed by atoms with Crippen molar-refractivity contribution >= 4 is 68.0 Å². The average molecular weight is 665 g/mol. The van der Waals surface area contributed by atoms with Crippen LogP contribution in [0.25, 0.3) is 16.8 Å². The van der Waals surface area contributed by atoms with Gasteiger partial charge < -0.3 is 14.2 Å². The molecular weight excluding hydrogens is 635 g/mol. The second-order valence-corrected chi connectivity index (χ2v) is 11.1. The second-order valence-electron chi connectivity index (χ2n) is 8.94. The van der Waals surface area contributed by atoms with Crippen LogP contribution in [0.3, 0.4) is 0 Å². The van der Waals surface area contributed by atoms with Crippen LogP contribution in [-0.2, 0) is 11.4 Å². The number of ether oxygens (including phenoxy) is 3. The van der Waals surface area contributed by atoms with Gasteiger partial charge in [0.25, 0.3) is 5.91 Å². The van der Waals surface area contributed by atoms with E-state index in [1.165, 1.54) is 22.5 Å². The molecule has 0 N–H and O–H groups in total. The molecule has 0 aliphatic carbocycles. The van der Waals surface area contributed by atoms with Gasteiger partial charge in [0.1, 0.15) is 12.4 Å². The molecule has 1 amide bonds. The van der Waals surface area contributed by atoms with Crippen molar-refractivity contribution in [2.45, 2.75) is 20.5 Å². The van der Waals surface area contributed by atoms with Gasteiger partial charge in [0, 0.05) is 6.54 Å². The van der Waals surface area contributed by atoms with Gasteiger partial charge in [-0.2, -0.15) is 0 Å². The van der Waals surface area contributed by atoms with Gasteiger partial charge in [-0.25, -0.2) is 4.99 Å². The number of fused-ring (bicyclic) bond motifs is 1. The zero-order valence-electron chi connectivity index (χ0n) is 22.5. The fraction of sp³-hybridized carbons (Fsp3) is 0.188. The average Bonchev–Trinajstić information content (AvgIpc) is 3.26. The molecule has 4 aromatic carbocycles. The van der Waals surface area contributed by atoms with E-state index in [9.17, 15) is 4.79 Å². The number of thioether (sulfide) groups is 1. The van der Waals surface area contributed by atoms with Crippen molar-refractivity contribution in [3.8, 4) is 17.2 Å². The minimum absolute atomic E-state index is 0.0657. The molecule has 0 aromatic heterocycles. The van der Waals surface area contributed by atoms with Crippen LogP contribution < -0.4 is 14.2 Å². The predicted molar refractivity (Wildman–Crippen MR) is 172 cm³/mol. The predicted octanol–water partition coefficient (Wildman–Crippen LogP) is 8.05. The van der Waals surface area contributed by atoms with Crippen molar-refractivity contribution < 1.29 is 19.0 Å². The van der Waals surface area contributed by atoms with E-state index < -0.39 is 0 Å². The van der Waals surface area contributed by atoms with Crippen molar-refractivity contribution in [3.63, 3.8) is 0 Å². The normalized spacial score (nSPS) is 15.3. The number of nitrogens with zero attached hydrogens (tertiary/aromatic N) is 2. The molecule has 1 aliphatic heterocycles. The third-order valence-electron chi connectivity index (χ3n) is 6.38. The largest absolute Gasteiger partial charge is 0.497 e. The number of carbonyl (C=O) groups excluding carboxylic acids is 1. The molecule has 0 radical (unpaired) electrons. The Bertz CT molecular complexity index is 1600. The van der Waals surface area contributed by atoms with E-state index in [4.69, 9.17) is 19.2 Å². The number of amides is 1. The lowest BCUT2D eigenvalue weighted by atomic mass is 10.1. The number of amidine groups is 1. The number of aliphatic imine (C=N–C) groups is 1. The molecule has 1 saturated heterocycles. The lowest BCUT2D eigenvalue weighted by molar-refractivity contribution is -0.122. The number of hydrogen-bond donors (Lipinski definition) is 0. The molecule has 204 valence electrons. The highest BCUT2D eigenvalue weighted by Gasteiger charge is 2.32. The SMILES string of the molecule is CCOc1cc(/C=C2/SC(=Nc3ccc(OC)cc3)N(CC)C2=O)cc(I)c1OCc1cccc2ccccc12. The van der Waals surface area contributed by atoms with E-state index in [1.54, 1.807) is 12.0 Å². The topological polar surface area (TPSA) is 60.4 Å². The molecular formula is C32H29IN2O4S. The molecule has 1 heterocycles. The van der Waals surface area contributed by atoms with Crippen LogP contribution in [0.1, 0.15) is 25.0 Å². The van der Waals surface area contributed by atoms with Crippen LogP contribution in [-0.4, -0.2) is 36.2 Å². The Morgan fingerprint density at radius 2 is 1.75 bits per heavy atom. The quantitative estimate of drug-likeness (QED) is 0.134. The summed E-state index contributed by atoms with van der Waals surface area (Å²) in [5.41, 5.74) is 2.73. The summed E-state index contributed by atoms with van der Waals surface area (Å²) < 4.78 is 18.5. The smallest absolute Gasteiger partial charge is 0.266 e. The Morgan fingerprint density at radius 3 is 2.50 bits per heavy atom. The van der Waals surface area contributed by atoms with Gasteiger partial charge in [-0.05, 0) is 113 Å². The summed E-state index contributed by atoms with van der Waals surface area (Å²) in [5, 5.41) is 3.00. The van der Waals surface area contributed by atoms with Crippen LogP contribution >= 0.6 is 34.4 Å². The Kier molecular flexibility index (Phi) is 8.96. The summed E-state index contributed by atoms with van der Waals surface area (Å²) in [6.45, 7) is 5.34. The maximum Gasteiger partial charge on any atom is 0.266 e. The minimum atomic E-state index is -0.0657. The standard InChI is InChI=1S/C32H29IN2O4S/c1-4-35-31(36)29(40-32(35)34-24-13-15-25(37-3)16-14-24)19-21-17-27(33)30(28(18-21)38-5-2)39-20-23-11-8-10-22-9-6-7-12-26(22)23/h6-19H,4-5,20H2,1-3H3/b29-19+,34-32?. The monoisotopic (exact) mass is 664 g/mol. The van der Waals surface area contributed by atoms with Gasteiger partial charge in [0.15, 0.2) is 16.7 Å². The summed E-state index contributed by atoms with van der Waals surface area (Å²) in [7, 11) is 1.63. The summed E-state index contributed by atoms with van der Waals surface area (Å²) in [5.74, 6) is 2.04. The maximum absolute atomic E-state index is 13.2. The summed E-state index contributed by atoms with van der Waals surface area (Å²) >= 11 is 3.64. The summed E-state index contributed by atoms with van der Waals surface area (Å²) in [4.78, 5) is 20.3. The van der Waals surface area contributed by atoms with E-state index in [1.807, 2.05) is 74.5 Å². The Morgan fingerprint density at radius 1 is 0.975 bits per heavy atom. The van der Waals surface area contributed by atoms with E-state index in [0.29, 0.717) is 41.3 Å². The zero-order valence-corrected chi connectivity index (χ0v) is 25.5. The lowest BCUT2D eigenvalue weighted by Crippen LogP contribution is -2.28. The Hall–Kier alpha value is -3.50. The third-order valence-corrected chi connectivity index (χ3v) is 8.19. The Balaban J connectivity index is 1.41. The van der Waals surface area contributed by atoms with E-state index >= 15 is 0 Å². The summed E-state index contributed by atoms with van der Waals surface area (Å²) in [6, 6.07) is 25.9. The maximum atomic E-state index is 13.2. The van der Waals surface area contributed by atoms with Gasteiger partial charge in [-0.15, -0.1) is 0 Å². The van der Waals surface area contributed by atoms with Crippen molar-refractivity contribution in [2.75, 3.05) is 20.3 Å². The van der Waals surface area contributed by atoms with Gasteiger partial charge in [-0.3, -0.25) is 9.69 Å². The van der Waals surface area contributed by atoms with Crippen LogP contribution in [0.2, 0.25) is 0 Å². The number of benzene rings is 4. The van der Waals surface area contributed by atoms with E-state index in [2.05, 4.69) is 46.9 Å². The Labute approximate surface area is 252 Å². The molecule has 0 spiro atoms. The molecule has 0 bridgehead atoms. The number of hydrogen-bond acceptors (Lipinski definition) is 6. The summed E-state index contributed by atoms with van der Waals surface area (Å²) in [6.07, 6.45) is 1.89. The molecule has 5 rings (SSSR count). The van der Waals surface area contributed by atoms with Crippen molar-refractivity contribution in [1.29, 1.82) is 0 Å². The first-order valence-corrected chi connectivity index (χ1v) is 14.9. The second kappa shape index (κ2) is 12.8. The molecule has 0 atom stereocenters. The zero-order chi connectivity index (χ0) is 28.1. The highest BCUT2D eigenvalue weighted by Crippen LogP contribution is 2.39.